The number of halogens is 1. The van der Waals surface area contributed by atoms with E-state index in [-0.39, 0.29) is 0 Å². The Morgan fingerprint density at radius 1 is 1.11 bits per heavy atom. The van der Waals surface area contributed by atoms with Gasteiger partial charge in [-0.3, -0.25) is 0 Å². The SMILES string of the molecule is CCNc1ncnc(NC2CCCCCCC2)c1Br. The van der Waals surface area contributed by atoms with Crippen LogP contribution in [0.15, 0.2) is 10.8 Å². The molecule has 1 aliphatic rings. The summed E-state index contributed by atoms with van der Waals surface area (Å²) in [5, 5.41) is 6.82. The van der Waals surface area contributed by atoms with E-state index in [0.717, 1.165) is 22.7 Å². The molecule has 1 aromatic heterocycles. The molecule has 0 aromatic carbocycles. The van der Waals surface area contributed by atoms with Gasteiger partial charge in [0.1, 0.15) is 22.4 Å². The molecular weight excluding hydrogens is 304 g/mol. The zero-order chi connectivity index (χ0) is 13.5. The molecule has 0 unspecified atom stereocenters. The van der Waals surface area contributed by atoms with Crippen LogP contribution in [-0.4, -0.2) is 22.6 Å². The van der Waals surface area contributed by atoms with Gasteiger partial charge in [0.05, 0.1) is 0 Å². The van der Waals surface area contributed by atoms with Crippen molar-refractivity contribution in [2.24, 2.45) is 0 Å². The Hall–Kier alpha value is -0.840. The summed E-state index contributed by atoms with van der Waals surface area (Å²) < 4.78 is 0.943. The summed E-state index contributed by atoms with van der Waals surface area (Å²) in [6, 6.07) is 0.543. The maximum atomic E-state index is 4.36. The molecule has 5 heteroatoms. The minimum atomic E-state index is 0.543. The van der Waals surface area contributed by atoms with Gasteiger partial charge in [-0.2, -0.15) is 0 Å². The van der Waals surface area contributed by atoms with E-state index in [2.05, 4.69) is 43.5 Å². The predicted molar refractivity (Wildman–Crippen MR) is 83.6 cm³/mol. The Kier molecular flexibility index (Phi) is 5.89. The molecule has 0 radical (unpaired) electrons. The summed E-state index contributed by atoms with van der Waals surface area (Å²) >= 11 is 3.59. The van der Waals surface area contributed by atoms with Crippen LogP contribution in [0.2, 0.25) is 0 Å². The first-order valence-corrected chi connectivity index (χ1v) is 8.11. The standard InChI is InChI=1S/C14H23BrN4/c1-2-16-13-12(15)14(18-10-17-13)19-11-8-6-4-3-5-7-9-11/h10-11H,2-9H2,1H3,(H2,16,17,18,19). The number of anilines is 2. The number of hydrogen-bond donors (Lipinski definition) is 2. The van der Waals surface area contributed by atoms with E-state index >= 15 is 0 Å². The third kappa shape index (κ3) is 4.34. The van der Waals surface area contributed by atoms with Crippen LogP contribution in [-0.2, 0) is 0 Å². The van der Waals surface area contributed by atoms with Crippen LogP contribution in [0, 0.1) is 0 Å². The molecule has 1 aliphatic carbocycles. The van der Waals surface area contributed by atoms with E-state index in [4.69, 9.17) is 0 Å². The fourth-order valence-electron chi connectivity index (χ4n) is 2.55. The lowest BCUT2D eigenvalue weighted by Gasteiger charge is -2.22. The molecule has 0 aliphatic heterocycles. The van der Waals surface area contributed by atoms with E-state index in [1.807, 2.05) is 0 Å². The topological polar surface area (TPSA) is 49.8 Å². The van der Waals surface area contributed by atoms with Crippen LogP contribution in [0.1, 0.15) is 51.9 Å². The van der Waals surface area contributed by atoms with Gasteiger partial charge in [0.15, 0.2) is 0 Å². The maximum absolute atomic E-state index is 4.36. The van der Waals surface area contributed by atoms with Crippen molar-refractivity contribution in [3.63, 3.8) is 0 Å². The lowest BCUT2D eigenvalue weighted by molar-refractivity contribution is 0.470. The highest BCUT2D eigenvalue weighted by Crippen LogP contribution is 2.28. The zero-order valence-corrected chi connectivity index (χ0v) is 13.2. The first-order valence-electron chi connectivity index (χ1n) is 7.32. The maximum Gasteiger partial charge on any atom is 0.146 e. The molecule has 106 valence electrons. The summed E-state index contributed by atoms with van der Waals surface area (Å²) in [6.45, 7) is 2.93. The van der Waals surface area contributed by atoms with Crippen LogP contribution in [0.5, 0.6) is 0 Å². The van der Waals surface area contributed by atoms with E-state index < -0.39 is 0 Å². The Bertz CT molecular complexity index is 389. The first-order chi connectivity index (χ1) is 9.31. The van der Waals surface area contributed by atoms with Crippen molar-refractivity contribution < 1.29 is 0 Å². The largest absolute Gasteiger partial charge is 0.369 e. The Morgan fingerprint density at radius 3 is 2.42 bits per heavy atom. The van der Waals surface area contributed by atoms with Crippen LogP contribution < -0.4 is 10.6 Å². The van der Waals surface area contributed by atoms with E-state index in [1.54, 1.807) is 6.33 Å². The fraction of sp³-hybridized carbons (Fsp3) is 0.714. The summed E-state index contributed by atoms with van der Waals surface area (Å²) in [5.74, 6) is 1.78. The lowest BCUT2D eigenvalue weighted by atomic mass is 9.97. The van der Waals surface area contributed by atoms with Gasteiger partial charge in [0, 0.05) is 12.6 Å². The molecule has 0 spiro atoms. The highest BCUT2D eigenvalue weighted by Gasteiger charge is 2.14. The van der Waals surface area contributed by atoms with Gasteiger partial charge in [0.2, 0.25) is 0 Å². The van der Waals surface area contributed by atoms with Crippen molar-refractivity contribution >= 4 is 27.6 Å². The number of aromatic nitrogens is 2. The molecule has 1 aromatic rings. The number of nitrogens with one attached hydrogen (secondary N) is 2. The van der Waals surface area contributed by atoms with Gasteiger partial charge < -0.3 is 10.6 Å². The van der Waals surface area contributed by atoms with Gasteiger partial charge in [0.25, 0.3) is 0 Å². The molecular formula is C14H23BrN4. The molecule has 19 heavy (non-hydrogen) atoms. The van der Waals surface area contributed by atoms with Crippen LogP contribution in [0.4, 0.5) is 11.6 Å². The number of nitrogens with zero attached hydrogens (tertiary/aromatic N) is 2. The molecule has 2 N–H and O–H groups in total. The van der Waals surface area contributed by atoms with Gasteiger partial charge in [-0.25, -0.2) is 9.97 Å². The van der Waals surface area contributed by atoms with E-state index in [0.29, 0.717) is 6.04 Å². The van der Waals surface area contributed by atoms with Gasteiger partial charge in [-0.15, -0.1) is 0 Å². The van der Waals surface area contributed by atoms with Gasteiger partial charge in [-0.05, 0) is 35.7 Å². The lowest BCUT2D eigenvalue weighted by Crippen LogP contribution is -2.21. The van der Waals surface area contributed by atoms with Crippen molar-refractivity contribution in [2.75, 3.05) is 17.2 Å². The second-order valence-electron chi connectivity index (χ2n) is 5.10. The second kappa shape index (κ2) is 7.68. The molecule has 0 amide bonds. The summed E-state index contributed by atoms with van der Waals surface area (Å²) in [4.78, 5) is 8.61. The molecule has 0 bridgehead atoms. The summed E-state index contributed by atoms with van der Waals surface area (Å²) in [7, 11) is 0. The third-order valence-electron chi connectivity index (χ3n) is 3.58. The van der Waals surface area contributed by atoms with Crippen molar-refractivity contribution in [1.82, 2.24) is 9.97 Å². The van der Waals surface area contributed by atoms with Gasteiger partial charge in [-0.1, -0.05) is 32.1 Å². The molecule has 1 fully saturated rings. The van der Waals surface area contributed by atoms with E-state index in [9.17, 15) is 0 Å². The van der Waals surface area contributed by atoms with Gasteiger partial charge >= 0.3 is 0 Å². The molecule has 2 rings (SSSR count). The summed E-state index contributed by atoms with van der Waals surface area (Å²) in [6.07, 6.45) is 10.9. The zero-order valence-electron chi connectivity index (χ0n) is 11.6. The highest BCUT2D eigenvalue weighted by atomic mass is 79.9. The minimum Gasteiger partial charge on any atom is -0.369 e. The summed E-state index contributed by atoms with van der Waals surface area (Å²) in [5.41, 5.74) is 0. The molecule has 4 nitrogen and oxygen atoms in total. The molecule has 1 saturated carbocycles. The first kappa shape index (κ1) is 14.6. The molecule has 0 saturated heterocycles. The minimum absolute atomic E-state index is 0.543. The van der Waals surface area contributed by atoms with Crippen molar-refractivity contribution in [3.8, 4) is 0 Å². The Morgan fingerprint density at radius 2 is 1.74 bits per heavy atom. The second-order valence-corrected chi connectivity index (χ2v) is 5.89. The van der Waals surface area contributed by atoms with E-state index in [1.165, 1.54) is 44.9 Å². The quantitative estimate of drug-likeness (QED) is 0.870. The van der Waals surface area contributed by atoms with Crippen LogP contribution >= 0.6 is 15.9 Å². The number of hydrogen-bond acceptors (Lipinski definition) is 4. The third-order valence-corrected chi connectivity index (χ3v) is 4.33. The monoisotopic (exact) mass is 326 g/mol. The van der Waals surface area contributed by atoms with Crippen LogP contribution in [0.3, 0.4) is 0 Å². The Labute approximate surface area is 123 Å². The van der Waals surface area contributed by atoms with Crippen molar-refractivity contribution in [3.05, 3.63) is 10.8 Å². The average molecular weight is 327 g/mol. The van der Waals surface area contributed by atoms with Crippen molar-refractivity contribution in [1.29, 1.82) is 0 Å². The average Bonchev–Trinajstić information content (AvgIpc) is 2.37. The smallest absolute Gasteiger partial charge is 0.146 e. The normalized spacial score (nSPS) is 17.6. The van der Waals surface area contributed by atoms with Crippen molar-refractivity contribution in [2.45, 2.75) is 57.9 Å². The molecule has 1 heterocycles. The predicted octanol–water partition coefficient (Wildman–Crippen LogP) is 4.20. The molecule has 0 atom stereocenters. The highest BCUT2D eigenvalue weighted by molar-refractivity contribution is 9.10. The van der Waals surface area contributed by atoms with Crippen LogP contribution in [0.25, 0.3) is 0 Å². The Balaban J connectivity index is 2.02. The number of rotatable bonds is 4. The fourth-order valence-corrected chi connectivity index (χ4v) is 3.01.